The summed E-state index contributed by atoms with van der Waals surface area (Å²) in [5.41, 5.74) is 5.33. The number of sulfonamides is 1. The van der Waals surface area contributed by atoms with E-state index in [1.807, 2.05) is 0 Å². The number of hydrogen-bond acceptors (Lipinski definition) is 4. The van der Waals surface area contributed by atoms with Crippen molar-refractivity contribution in [3.05, 3.63) is 18.2 Å². The van der Waals surface area contributed by atoms with E-state index < -0.39 is 10.0 Å². The highest BCUT2D eigenvalue weighted by molar-refractivity contribution is 7.92. The Kier molecular flexibility index (Phi) is 2.18. The van der Waals surface area contributed by atoms with E-state index in [0.29, 0.717) is 0 Å². The topological polar surface area (TPSA) is 85.1 Å². The number of nitrogens with two attached hydrogens (primary N) is 1. The summed E-state index contributed by atoms with van der Waals surface area (Å²) >= 11 is 0. The maximum Gasteiger partial charge on any atom is 0.230 e. The van der Waals surface area contributed by atoms with Crippen molar-refractivity contribution in [1.29, 1.82) is 0 Å². The Morgan fingerprint density at radius 1 is 1.50 bits per heavy atom. The average molecular weight is 187 g/mol. The molecule has 1 rings (SSSR count). The molecule has 6 heteroatoms. The van der Waals surface area contributed by atoms with Gasteiger partial charge in [0.05, 0.1) is 6.26 Å². The van der Waals surface area contributed by atoms with E-state index in [4.69, 9.17) is 5.73 Å². The van der Waals surface area contributed by atoms with Gasteiger partial charge >= 0.3 is 0 Å². The van der Waals surface area contributed by atoms with E-state index in [2.05, 4.69) is 9.71 Å². The quantitative estimate of drug-likeness (QED) is 0.684. The molecule has 0 aromatic carbocycles. The fourth-order valence-electron chi connectivity index (χ4n) is 0.698. The van der Waals surface area contributed by atoms with Gasteiger partial charge in [-0.25, -0.2) is 13.4 Å². The third-order valence-electron chi connectivity index (χ3n) is 1.06. The minimum atomic E-state index is -3.26. The number of nitrogen functional groups attached to an aromatic ring is 1. The second-order valence-corrected chi connectivity index (χ2v) is 4.07. The number of pyridine rings is 1. The van der Waals surface area contributed by atoms with Crippen molar-refractivity contribution >= 4 is 21.7 Å². The highest BCUT2D eigenvalue weighted by Crippen LogP contribution is 2.06. The van der Waals surface area contributed by atoms with E-state index >= 15 is 0 Å². The van der Waals surface area contributed by atoms with Crippen LogP contribution in [-0.2, 0) is 10.0 Å². The summed E-state index contributed by atoms with van der Waals surface area (Å²) in [4.78, 5) is 3.75. The van der Waals surface area contributed by atoms with Crippen LogP contribution >= 0.6 is 0 Å². The molecule has 0 saturated carbocycles. The lowest BCUT2D eigenvalue weighted by Crippen LogP contribution is -2.11. The molecule has 0 unspecified atom stereocenters. The van der Waals surface area contributed by atoms with E-state index in [1.54, 1.807) is 12.1 Å². The van der Waals surface area contributed by atoms with Gasteiger partial charge in [-0.3, -0.25) is 4.72 Å². The summed E-state index contributed by atoms with van der Waals surface area (Å²) in [6.45, 7) is 0. The zero-order valence-corrected chi connectivity index (χ0v) is 7.30. The van der Waals surface area contributed by atoms with Crippen LogP contribution in [0.4, 0.5) is 11.6 Å². The molecule has 0 spiro atoms. The molecule has 0 bridgehead atoms. The lowest BCUT2D eigenvalue weighted by Gasteiger charge is -2.01. The summed E-state index contributed by atoms with van der Waals surface area (Å²) in [5.74, 6) is 0.515. The van der Waals surface area contributed by atoms with Gasteiger partial charge in [-0.15, -0.1) is 0 Å². The molecule has 0 aliphatic heterocycles. The summed E-state index contributed by atoms with van der Waals surface area (Å²) in [6.07, 6.45) is 1.05. The first kappa shape index (κ1) is 8.79. The van der Waals surface area contributed by atoms with Gasteiger partial charge < -0.3 is 5.73 Å². The molecule has 0 aliphatic carbocycles. The third kappa shape index (κ3) is 2.75. The minimum Gasteiger partial charge on any atom is -0.384 e. The predicted octanol–water partition coefficient (Wildman–Crippen LogP) is 0.0353. The average Bonchev–Trinajstić information content (AvgIpc) is 1.82. The number of rotatable bonds is 2. The monoisotopic (exact) mass is 187 g/mol. The Balaban J connectivity index is 2.91. The molecule has 0 amide bonds. The number of nitrogens with zero attached hydrogens (tertiary/aromatic N) is 1. The van der Waals surface area contributed by atoms with E-state index in [1.165, 1.54) is 6.07 Å². The van der Waals surface area contributed by atoms with Gasteiger partial charge in [-0.05, 0) is 12.1 Å². The molecule has 5 nitrogen and oxygen atoms in total. The Bertz CT molecular complexity index is 374. The molecule has 66 valence electrons. The molecular formula is C6H9N3O2S. The maximum absolute atomic E-state index is 10.7. The molecule has 1 aromatic heterocycles. The van der Waals surface area contributed by atoms with Crippen LogP contribution in [0.1, 0.15) is 0 Å². The molecule has 0 saturated heterocycles. The van der Waals surface area contributed by atoms with Gasteiger partial charge in [0.2, 0.25) is 10.0 Å². The summed E-state index contributed by atoms with van der Waals surface area (Å²) in [5, 5.41) is 0. The summed E-state index contributed by atoms with van der Waals surface area (Å²) < 4.78 is 23.6. The number of aromatic nitrogens is 1. The van der Waals surface area contributed by atoms with Crippen molar-refractivity contribution in [3.63, 3.8) is 0 Å². The Labute approximate surface area is 70.7 Å². The number of nitrogens with one attached hydrogen (secondary N) is 1. The van der Waals surface area contributed by atoms with Gasteiger partial charge in [0.1, 0.15) is 11.6 Å². The lowest BCUT2D eigenvalue weighted by atomic mass is 10.4. The SMILES string of the molecule is CS(=O)(=O)Nc1cccc(N)n1. The zero-order chi connectivity index (χ0) is 9.19. The van der Waals surface area contributed by atoms with E-state index in [0.717, 1.165) is 6.26 Å². The van der Waals surface area contributed by atoms with Crippen LogP contribution in [-0.4, -0.2) is 19.7 Å². The normalized spacial score (nSPS) is 11.1. The van der Waals surface area contributed by atoms with Gasteiger partial charge in [0.25, 0.3) is 0 Å². The molecule has 1 aromatic rings. The van der Waals surface area contributed by atoms with Crippen molar-refractivity contribution < 1.29 is 8.42 Å². The van der Waals surface area contributed by atoms with Crippen LogP contribution in [0.2, 0.25) is 0 Å². The fraction of sp³-hybridized carbons (Fsp3) is 0.167. The van der Waals surface area contributed by atoms with Crippen molar-refractivity contribution in [3.8, 4) is 0 Å². The molecule has 0 aliphatic rings. The van der Waals surface area contributed by atoms with Crippen LogP contribution in [0.3, 0.4) is 0 Å². The molecule has 12 heavy (non-hydrogen) atoms. The first-order valence-corrected chi connectivity index (χ1v) is 5.07. The van der Waals surface area contributed by atoms with Crippen LogP contribution in [0.5, 0.6) is 0 Å². The minimum absolute atomic E-state index is 0.234. The van der Waals surface area contributed by atoms with Crippen molar-refractivity contribution in [2.45, 2.75) is 0 Å². The highest BCUT2D eigenvalue weighted by atomic mass is 32.2. The van der Waals surface area contributed by atoms with Crippen molar-refractivity contribution in [1.82, 2.24) is 4.98 Å². The van der Waals surface area contributed by atoms with Crippen molar-refractivity contribution in [2.24, 2.45) is 0 Å². The second kappa shape index (κ2) is 2.98. The molecule has 0 radical (unpaired) electrons. The van der Waals surface area contributed by atoms with Crippen LogP contribution < -0.4 is 10.5 Å². The molecule has 1 heterocycles. The molecule has 0 fully saturated rings. The van der Waals surface area contributed by atoms with Gasteiger partial charge in [0.15, 0.2) is 0 Å². The lowest BCUT2D eigenvalue weighted by molar-refractivity contribution is 0.606. The predicted molar refractivity (Wildman–Crippen MR) is 47.1 cm³/mol. The Hall–Kier alpha value is -1.30. The largest absolute Gasteiger partial charge is 0.384 e. The van der Waals surface area contributed by atoms with Gasteiger partial charge in [-0.1, -0.05) is 6.07 Å². The number of anilines is 2. The summed E-state index contributed by atoms with van der Waals surface area (Å²) in [6, 6.07) is 4.72. The van der Waals surface area contributed by atoms with E-state index in [-0.39, 0.29) is 11.6 Å². The second-order valence-electron chi connectivity index (χ2n) is 2.32. The molecular weight excluding hydrogens is 178 g/mol. The van der Waals surface area contributed by atoms with Crippen molar-refractivity contribution in [2.75, 3.05) is 16.7 Å². The summed E-state index contributed by atoms with van der Waals surface area (Å²) in [7, 11) is -3.26. The Morgan fingerprint density at radius 3 is 2.67 bits per heavy atom. The van der Waals surface area contributed by atoms with Gasteiger partial charge in [-0.2, -0.15) is 0 Å². The highest BCUT2D eigenvalue weighted by Gasteiger charge is 2.01. The maximum atomic E-state index is 10.7. The first-order valence-electron chi connectivity index (χ1n) is 3.18. The Morgan fingerprint density at radius 2 is 2.17 bits per heavy atom. The zero-order valence-electron chi connectivity index (χ0n) is 6.48. The van der Waals surface area contributed by atoms with E-state index in [9.17, 15) is 8.42 Å². The van der Waals surface area contributed by atoms with Crippen LogP contribution in [0.25, 0.3) is 0 Å². The smallest absolute Gasteiger partial charge is 0.230 e. The first-order chi connectivity index (χ1) is 5.47. The number of hydrogen-bond donors (Lipinski definition) is 2. The fourth-order valence-corrected chi connectivity index (χ4v) is 1.19. The van der Waals surface area contributed by atoms with Crippen LogP contribution in [0.15, 0.2) is 18.2 Å². The molecule has 0 atom stereocenters. The standard InChI is InChI=1S/C6H9N3O2S/c1-12(10,11)9-6-4-2-3-5(7)8-6/h2-4H,1H3,(H3,7,8,9). The van der Waals surface area contributed by atoms with Crippen LogP contribution in [0, 0.1) is 0 Å². The molecule has 3 N–H and O–H groups in total. The van der Waals surface area contributed by atoms with Gasteiger partial charge in [0, 0.05) is 0 Å². The third-order valence-corrected chi connectivity index (χ3v) is 1.64.